The lowest BCUT2D eigenvalue weighted by atomic mass is 10.4. The van der Waals surface area contributed by atoms with Gasteiger partial charge in [0.2, 0.25) is 0 Å². The van der Waals surface area contributed by atoms with Crippen molar-refractivity contribution in [3.63, 3.8) is 0 Å². The zero-order chi connectivity index (χ0) is 8.69. The third-order valence-electron chi connectivity index (χ3n) is 1.08. The largest absolute Gasteiger partial charge is 0.460 e. The molecule has 0 amide bonds. The molecule has 65 valence electrons. The topological polar surface area (TPSA) is 44.8 Å². The Bertz CT molecular complexity index is 113. The number of esters is 1. The Hall–Kier alpha value is -0.610. The first-order valence-corrected chi connectivity index (χ1v) is 3.37. The second-order valence-electron chi connectivity index (χ2n) is 1.88. The van der Waals surface area contributed by atoms with E-state index in [0.29, 0.717) is 6.61 Å². The quantitative estimate of drug-likeness (QED) is 0.338. The third-order valence-corrected chi connectivity index (χ3v) is 1.08. The van der Waals surface area contributed by atoms with Gasteiger partial charge in [0.25, 0.3) is 0 Å². The van der Waals surface area contributed by atoms with Crippen LogP contribution < -0.4 is 0 Å². The van der Waals surface area contributed by atoms with E-state index in [4.69, 9.17) is 9.47 Å². The van der Waals surface area contributed by atoms with Crippen molar-refractivity contribution in [2.24, 2.45) is 0 Å². The molecule has 0 N–H and O–H groups in total. The Kier molecular flexibility index (Phi) is 5.78. The van der Waals surface area contributed by atoms with Crippen molar-refractivity contribution in [3.05, 3.63) is 7.11 Å². The molecule has 0 aromatic carbocycles. The fourth-order valence-corrected chi connectivity index (χ4v) is 0.419. The summed E-state index contributed by atoms with van der Waals surface area (Å²) in [5.74, 6) is -0.496. The zero-order valence-electron chi connectivity index (χ0n) is 6.83. The van der Waals surface area contributed by atoms with Crippen LogP contribution in [0.2, 0.25) is 0 Å². The average Bonchev–Trinajstić information content (AvgIpc) is 2.03. The maximum atomic E-state index is 10.6. The normalized spacial score (nSPS) is 12.6. The summed E-state index contributed by atoms with van der Waals surface area (Å²) in [4.78, 5) is 10.6. The zero-order valence-corrected chi connectivity index (χ0v) is 6.83. The van der Waals surface area contributed by atoms with Gasteiger partial charge in [-0.1, -0.05) is 0 Å². The van der Waals surface area contributed by atoms with Crippen LogP contribution in [0.5, 0.6) is 0 Å². The van der Waals surface area contributed by atoms with Gasteiger partial charge in [0.1, 0.15) is 13.9 Å². The molecule has 0 aromatic heterocycles. The summed E-state index contributed by atoms with van der Waals surface area (Å²) in [7, 11) is 2.96. The number of carbonyl (C=O) groups excluding carboxylic acids is 1. The molecule has 1 radical (unpaired) electrons. The second-order valence-corrected chi connectivity index (χ2v) is 1.88. The standard InChI is InChI=1S/C7H13O4/c1-4-10-5-11-6(2)7(8)9-3/h6H,3-5H2,1-2H3/t6-/m0/s1. The average molecular weight is 161 g/mol. The minimum Gasteiger partial charge on any atom is -0.460 e. The molecule has 0 bridgehead atoms. The monoisotopic (exact) mass is 161 g/mol. The first-order valence-electron chi connectivity index (χ1n) is 3.37. The van der Waals surface area contributed by atoms with Gasteiger partial charge in [-0.25, -0.2) is 4.79 Å². The molecule has 0 aliphatic heterocycles. The number of hydrogen-bond acceptors (Lipinski definition) is 4. The van der Waals surface area contributed by atoms with Crippen LogP contribution in [0.15, 0.2) is 0 Å². The predicted molar refractivity (Wildman–Crippen MR) is 38.5 cm³/mol. The molecule has 0 unspecified atom stereocenters. The summed E-state index contributed by atoms with van der Waals surface area (Å²) < 4.78 is 13.9. The van der Waals surface area contributed by atoms with E-state index in [0.717, 1.165) is 0 Å². The molecule has 0 aliphatic carbocycles. The maximum Gasteiger partial charge on any atom is 0.335 e. The lowest BCUT2D eigenvalue weighted by Gasteiger charge is -2.09. The van der Waals surface area contributed by atoms with Crippen molar-refractivity contribution in [3.8, 4) is 0 Å². The predicted octanol–water partition coefficient (Wildman–Crippen LogP) is 0.720. The molecular weight excluding hydrogens is 148 g/mol. The van der Waals surface area contributed by atoms with Crippen LogP contribution in [0, 0.1) is 7.11 Å². The van der Waals surface area contributed by atoms with Crippen molar-refractivity contribution in [2.45, 2.75) is 20.0 Å². The molecule has 0 spiro atoms. The van der Waals surface area contributed by atoms with Crippen molar-refractivity contribution in [2.75, 3.05) is 13.4 Å². The Morgan fingerprint density at radius 2 is 2.27 bits per heavy atom. The second kappa shape index (κ2) is 6.12. The molecule has 0 rings (SSSR count). The van der Waals surface area contributed by atoms with Crippen molar-refractivity contribution < 1.29 is 19.0 Å². The Morgan fingerprint density at radius 3 is 2.73 bits per heavy atom. The summed E-state index contributed by atoms with van der Waals surface area (Å²) in [6, 6.07) is 0. The van der Waals surface area contributed by atoms with Crippen molar-refractivity contribution >= 4 is 5.97 Å². The molecule has 1 atom stereocenters. The van der Waals surface area contributed by atoms with Crippen molar-refractivity contribution in [1.82, 2.24) is 0 Å². The Morgan fingerprint density at radius 1 is 1.64 bits per heavy atom. The van der Waals surface area contributed by atoms with Crippen LogP contribution in [0.1, 0.15) is 13.8 Å². The molecule has 11 heavy (non-hydrogen) atoms. The van der Waals surface area contributed by atoms with Crippen molar-refractivity contribution in [1.29, 1.82) is 0 Å². The van der Waals surface area contributed by atoms with Gasteiger partial charge in [-0.2, -0.15) is 0 Å². The van der Waals surface area contributed by atoms with E-state index >= 15 is 0 Å². The molecule has 4 nitrogen and oxygen atoms in total. The summed E-state index contributed by atoms with van der Waals surface area (Å²) in [6.45, 7) is 4.08. The number of carbonyl (C=O) groups is 1. The fraction of sp³-hybridized carbons (Fsp3) is 0.714. The maximum absolute atomic E-state index is 10.6. The van der Waals surface area contributed by atoms with E-state index in [9.17, 15) is 4.79 Å². The van der Waals surface area contributed by atoms with E-state index in [1.807, 2.05) is 6.92 Å². The molecule has 0 aliphatic rings. The van der Waals surface area contributed by atoms with Gasteiger partial charge in [0.15, 0.2) is 6.10 Å². The molecule has 0 saturated heterocycles. The lowest BCUT2D eigenvalue weighted by Crippen LogP contribution is -2.22. The number of ether oxygens (including phenoxy) is 3. The highest BCUT2D eigenvalue weighted by atomic mass is 16.7. The molecule has 0 aromatic rings. The first kappa shape index (κ1) is 10.4. The van der Waals surface area contributed by atoms with Gasteiger partial charge in [-0.3, -0.25) is 0 Å². The summed E-state index contributed by atoms with van der Waals surface area (Å²) >= 11 is 0. The van der Waals surface area contributed by atoms with E-state index in [2.05, 4.69) is 11.8 Å². The molecule has 4 heteroatoms. The molecule has 0 fully saturated rings. The smallest absolute Gasteiger partial charge is 0.335 e. The first-order chi connectivity index (χ1) is 5.22. The van der Waals surface area contributed by atoms with Gasteiger partial charge < -0.3 is 14.2 Å². The Labute approximate surface area is 66.4 Å². The van der Waals surface area contributed by atoms with E-state index in [1.165, 1.54) is 0 Å². The van der Waals surface area contributed by atoms with Gasteiger partial charge in [-0.05, 0) is 13.8 Å². The molecular formula is C7H13O4. The van der Waals surface area contributed by atoms with Gasteiger partial charge in [0.05, 0.1) is 0 Å². The summed E-state index contributed by atoms with van der Waals surface area (Å²) in [5, 5.41) is 0. The van der Waals surface area contributed by atoms with Gasteiger partial charge in [0, 0.05) is 6.61 Å². The third kappa shape index (κ3) is 4.75. The minimum absolute atomic E-state index is 0.104. The fourth-order valence-electron chi connectivity index (χ4n) is 0.419. The SMILES string of the molecule is [CH2]OC(=O)[C@H](C)OCOCC. The van der Waals surface area contributed by atoms with Gasteiger partial charge >= 0.3 is 5.97 Å². The van der Waals surface area contributed by atoms with Crippen LogP contribution in [0.4, 0.5) is 0 Å². The molecule has 0 heterocycles. The highest BCUT2D eigenvalue weighted by molar-refractivity contribution is 5.74. The van der Waals surface area contributed by atoms with E-state index in [1.54, 1.807) is 6.92 Å². The van der Waals surface area contributed by atoms with E-state index in [-0.39, 0.29) is 6.79 Å². The highest BCUT2D eigenvalue weighted by Crippen LogP contribution is 1.93. The van der Waals surface area contributed by atoms with Crippen LogP contribution in [-0.2, 0) is 19.0 Å². The summed E-state index contributed by atoms with van der Waals surface area (Å²) in [6.07, 6.45) is -0.612. The molecule has 0 saturated carbocycles. The highest BCUT2D eigenvalue weighted by Gasteiger charge is 2.12. The number of hydrogen-bond donors (Lipinski definition) is 0. The minimum atomic E-state index is -0.612. The van der Waals surface area contributed by atoms with Gasteiger partial charge in [-0.15, -0.1) is 0 Å². The Balaban J connectivity index is 3.36. The number of rotatable bonds is 5. The van der Waals surface area contributed by atoms with Crippen LogP contribution in [0.25, 0.3) is 0 Å². The van der Waals surface area contributed by atoms with E-state index < -0.39 is 12.1 Å². The van der Waals surface area contributed by atoms with Crippen LogP contribution >= 0.6 is 0 Å². The summed E-state index contributed by atoms with van der Waals surface area (Å²) in [5.41, 5.74) is 0. The van der Waals surface area contributed by atoms with Crippen LogP contribution in [0.3, 0.4) is 0 Å². The van der Waals surface area contributed by atoms with Crippen LogP contribution in [-0.4, -0.2) is 25.5 Å². The lowest BCUT2D eigenvalue weighted by molar-refractivity contribution is -0.159.